The van der Waals surface area contributed by atoms with Gasteiger partial charge in [-0.3, -0.25) is 0 Å². The molecule has 0 heterocycles. The zero-order valence-corrected chi connectivity index (χ0v) is 14.0. The smallest absolute Gasteiger partial charge is 0.161 e. The minimum atomic E-state index is -1.20. The fourth-order valence-corrected chi connectivity index (χ4v) is 3.58. The van der Waals surface area contributed by atoms with Gasteiger partial charge in [0.15, 0.2) is 11.6 Å². The van der Waals surface area contributed by atoms with E-state index < -0.39 is 22.3 Å². The minimum Gasteiger partial charge on any atom is -0.207 e. The Balaban J connectivity index is 2.49. The van der Waals surface area contributed by atoms with Crippen LogP contribution in [0.2, 0.25) is 0 Å². The molecule has 0 N–H and O–H groups in total. The molecule has 0 aliphatic rings. The molecule has 1 atom stereocenters. The van der Waals surface area contributed by atoms with Gasteiger partial charge in [-0.2, -0.15) is 0 Å². The first-order valence-corrected chi connectivity index (χ1v) is 7.63. The van der Waals surface area contributed by atoms with Crippen LogP contribution in [-0.4, -0.2) is 0 Å². The van der Waals surface area contributed by atoms with Gasteiger partial charge in [0.2, 0.25) is 0 Å². The Morgan fingerprint density at radius 3 is 1.84 bits per heavy atom. The van der Waals surface area contributed by atoms with Gasteiger partial charge in [-0.25, -0.2) is 13.2 Å². The molecule has 2 aromatic carbocycles. The standard InChI is InChI=1S/C13H6Br3F3/c14-7-1-6(2-8(15)3-7)13(16)9-4-11(18)12(19)5-10(9)17/h1-5,13H. The lowest BCUT2D eigenvalue weighted by Crippen LogP contribution is -2.00. The third-order valence-corrected chi connectivity index (χ3v) is 4.43. The molecule has 0 bridgehead atoms. The summed E-state index contributed by atoms with van der Waals surface area (Å²) in [5.41, 5.74) is 0.759. The number of benzene rings is 2. The summed E-state index contributed by atoms with van der Waals surface area (Å²) >= 11 is 9.94. The molecule has 6 heteroatoms. The predicted molar refractivity (Wildman–Crippen MR) is 78.9 cm³/mol. The molecule has 0 aromatic heterocycles. The van der Waals surface area contributed by atoms with E-state index in [0.29, 0.717) is 11.6 Å². The Morgan fingerprint density at radius 1 is 0.737 bits per heavy atom. The quantitative estimate of drug-likeness (QED) is 0.376. The molecule has 0 nitrogen and oxygen atoms in total. The van der Waals surface area contributed by atoms with E-state index in [1.165, 1.54) is 0 Å². The second-order valence-electron chi connectivity index (χ2n) is 3.85. The Hall–Kier alpha value is -0.330. The predicted octanol–water partition coefficient (Wildman–Crippen LogP) is 6.11. The van der Waals surface area contributed by atoms with Crippen molar-refractivity contribution in [3.05, 3.63) is 67.9 Å². The lowest BCUT2D eigenvalue weighted by molar-refractivity contribution is 0.491. The van der Waals surface area contributed by atoms with Crippen molar-refractivity contribution >= 4 is 47.8 Å². The lowest BCUT2D eigenvalue weighted by atomic mass is 10.0. The third-order valence-electron chi connectivity index (χ3n) is 2.49. The van der Waals surface area contributed by atoms with Crippen LogP contribution < -0.4 is 0 Å². The van der Waals surface area contributed by atoms with Crippen LogP contribution in [0.3, 0.4) is 0 Å². The maximum atomic E-state index is 13.7. The van der Waals surface area contributed by atoms with E-state index >= 15 is 0 Å². The summed E-state index contributed by atoms with van der Waals surface area (Å²) in [6, 6.07) is 6.77. The summed E-state index contributed by atoms with van der Waals surface area (Å²) < 4.78 is 41.4. The molecule has 0 aliphatic heterocycles. The fraction of sp³-hybridized carbons (Fsp3) is 0.0769. The van der Waals surface area contributed by atoms with Gasteiger partial charge in [0.05, 0.1) is 4.83 Å². The van der Waals surface area contributed by atoms with Gasteiger partial charge < -0.3 is 0 Å². The van der Waals surface area contributed by atoms with Gasteiger partial charge in [-0.15, -0.1) is 0 Å². The van der Waals surface area contributed by atoms with Gasteiger partial charge in [-0.1, -0.05) is 47.8 Å². The molecule has 1 unspecified atom stereocenters. The monoisotopic (exact) mass is 456 g/mol. The maximum absolute atomic E-state index is 13.7. The van der Waals surface area contributed by atoms with Crippen LogP contribution in [0.25, 0.3) is 0 Å². The van der Waals surface area contributed by atoms with Gasteiger partial charge >= 0.3 is 0 Å². The molecule has 0 spiro atoms. The van der Waals surface area contributed by atoms with Crippen molar-refractivity contribution in [3.63, 3.8) is 0 Å². The second kappa shape index (κ2) is 5.97. The summed E-state index contributed by atoms with van der Waals surface area (Å²) in [5.74, 6) is -3.07. The van der Waals surface area contributed by atoms with Crippen molar-refractivity contribution in [2.75, 3.05) is 0 Å². The van der Waals surface area contributed by atoms with Crippen molar-refractivity contribution < 1.29 is 13.2 Å². The Bertz CT molecular complexity index is 609. The lowest BCUT2D eigenvalue weighted by Gasteiger charge is -2.13. The molecule has 0 saturated carbocycles. The highest BCUT2D eigenvalue weighted by atomic mass is 79.9. The first-order chi connectivity index (χ1) is 8.88. The summed E-state index contributed by atoms with van der Waals surface area (Å²) in [4.78, 5) is -0.573. The van der Waals surface area contributed by atoms with E-state index in [9.17, 15) is 13.2 Å². The van der Waals surface area contributed by atoms with Gasteiger partial charge in [0.1, 0.15) is 5.82 Å². The van der Waals surface area contributed by atoms with Crippen LogP contribution in [-0.2, 0) is 0 Å². The SMILES string of the molecule is Fc1cc(F)c(C(Br)c2cc(Br)cc(Br)c2)cc1F. The van der Waals surface area contributed by atoms with E-state index in [1.54, 1.807) is 12.1 Å². The number of hydrogen-bond acceptors (Lipinski definition) is 0. The molecule has 0 amide bonds. The largest absolute Gasteiger partial charge is 0.207 e. The average Bonchev–Trinajstić information content (AvgIpc) is 2.31. The average molecular weight is 459 g/mol. The molecule has 0 saturated heterocycles. The van der Waals surface area contributed by atoms with Crippen molar-refractivity contribution in [1.29, 1.82) is 0 Å². The van der Waals surface area contributed by atoms with Crippen LogP contribution in [0, 0.1) is 17.5 Å². The van der Waals surface area contributed by atoms with E-state index in [0.717, 1.165) is 15.0 Å². The Labute approximate surface area is 133 Å². The van der Waals surface area contributed by atoms with E-state index in [2.05, 4.69) is 47.8 Å². The van der Waals surface area contributed by atoms with E-state index in [1.807, 2.05) is 6.07 Å². The van der Waals surface area contributed by atoms with Gasteiger partial charge in [0.25, 0.3) is 0 Å². The van der Waals surface area contributed by atoms with Crippen molar-refractivity contribution in [1.82, 2.24) is 0 Å². The van der Waals surface area contributed by atoms with Crippen molar-refractivity contribution in [3.8, 4) is 0 Å². The van der Waals surface area contributed by atoms with E-state index in [-0.39, 0.29) is 5.56 Å². The number of hydrogen-bond donors (Lipinski definition) is 0. The number of alkyl halides is 1. The topological polar surface area (TPSA) is 0 Å². The van der Waals surface area contributed by atoms with Crippen LogP contribution >= 0.6 is 47.8 Å². The molecule has 0 fully saturated rings. The Kier molecular flexibility index (Phi) is 4.74. The highest BCUT2D eigenvalue weighted by molar-refractivity contribution is 9.11. The zero-order valence-electron chi connectivity index (χ0n) is 9.23. The van der Waals surface area contributed by atoms with Crippen molar-refractivity contribution in [2.45, 2.75) is 4.83 Å². The molecular formula is C13H6Br3F3. The summed E-state index contributed by atoms with van der Waals surface area (Å²) in [7, 11) is 0. The van der Waals surface area contributed by atoms with Gasteiger partial charge in [-0.05, 0) is 29.8 Å². The molecule has 2 rings (SSSR count). The van der Waals surface area contributed by atoms with Crippen LogP contribution in [0.4, 0.5) is 13.2 Å². The Morgan fingerprint density at radius 2 is 1.26 bits per heavy atom. The molecule has 0 aliphatic carbocycles. The molecule has 0 radical (unpaired) electrons. The van der Waals surface area contributed by atoms with Crippen LogP contribution in [0.15, 0.2) is 39.3 Å². The minimum absolute atomic E-state index is 0.0453. The van der Waals surface area contributed by atoms with E-state index in [4.69, 9.17) is 0 Å². The third kappa shape index (κ3) is 3.41. The normalized spacial score (nSPS) is 12.5. The summed E-state index contributed by atoms with van der Waals surface area (Å²) in [5, 5.41) is 0. The molecule has 100 valence electrons. The van der Waals surface area contributed by atoms with Crippen molar-refractivity contribution in [2.24, 2.45) is 0 Å². The number of halogens is 6. The first-order valence-electron chi connectivity index (χ1n) is 5.13. The maximum Gasteiger partial charge on any atom is 0.161 e. The highest BCUT2D eigenvalue weighted by Gasteiger charge is 2.19. The summed E-state index contributed by atoms with van der Waals surface area (Å²) in [6.07, 6.45) is 0. The number of rotatable bonds is 2. The fourth-order valence-electron chi connectivity index (χ4n) is 1.63. The highest BCUT2D eigenvalue weighted by Crippen LogP contribution is 2.36. The first kappa shape index (κ1) is 15.1. The zero-order chi connectivity index (χ0) is 14.2. The molecular weight excluding hydrogens is 453 g/mol. The summed E-state index contributed by atoms with van der Waals surface area (Å²) in [6.45, 7) is 0. The van der Waals surface area contributed by atoms with Gasteiger partial charge in [0, 0.05) is 20.6 Å². The second-order valence-corrected chi connectivity index (χ2v) is 6.60. The van der Waals surface area contributed by atoms with Crippen LogP contribution in [0.1, 0.15) is 16.0 Å². The molecule has 19 heavy (non-hydrogen) atoms. The van der Waals surface area contributed by atoms with Crippen LogP contribution in [0.5, 0.6) is 0 Å². The molecule has 2 aromatic rings.